The molecule has 5 rings (SSSR count). The number of benzene rings is 2. The van der Waals surface area contributed by atoms with E-state index < -0.39 is 0 Å². The van der Waals surface area contributed by atoms with E-state index >= 15 is 0 Å². The van der Waals surface area contributed by atoms with E-state index in [9.17, 15) is 0 Å². The molecule has 1 aliphatic heterocycles. The normalized spacial score (nSPS) is 18.3. The number of anilines is 1. The quantitative estimate of drug-likeness (QED) is 0.398. The summed E-state index contributed by atoms with van der Waals surface area (Å²) in [6, 6.07) is 26.4. The predicted octanol–water partition coefficient (Wildman–Crippen LogP) is 6.14. The van der Waals surface area contributed by atoms with Gasteiger partial charge in [-0.05, 0) is 73.6 Å². The Kier molecular flexibility index (Phi) is 5.04. The molecule has 0 saturated carbocycles. The van der Waals surface area contributed by atoms with Crippen LogP contribution in [0.15, 0.2) is 89.5 Å². The Labute approximate surface area is 187 Å². The van der Waals surface area contributed by atoms with Crippen molar-refractivity contribution in [2.45, 2.75) is 25.9 Å². The van der Waals surface area contributed by atoms with Gasteiger partial charge in [0.25, 0.3) is 0 Å². The first kappa shape index (κ1) is 19.5. The van der Waals surface area contributed by atoms with Crippen molar-refractivity contribution in [3.63, 3.8) is 0 Å². The minimum atomic E-state index is -0.152. The highest BCUT2D eigenvalue weighted by Gasteiger charge is 2.42. The number of nitrogens with zero attached hydrogens (tertiary/aromatic N) is 2. The lowest BCUT2D eigenvalue weighted by atomic mass is 10.0. The summed E-state index contributed by atoms with van der Waals surface area (Å²) in [5.41, 5.74) is 5.43. The summed E-state index contributed by atoms with van der Waals surface area (Å²) in [6.45, 7) is 4.21. The van der Waals surface area contributed by atoms with Crippen LogP contribution >= 0.6 is 12.2 Å². The van der Waals surface area contributed by atoms with E-state index in [2.05, 4.69) is 59.4 Å². The maximum atomic E-state index is 6.40. The minimum absolute atomic E-state index is 0.121. The molecule has 5 heteroatoms. The molecule has 31 heavy (non-hydrogen) atoms. The number of furan rings is 1. The van der Waals surface area contributed by atoms with E-state index in [1.807, 2.05) is 54.7 Å². The van der Waals surface area contributed by atoms with Gasteiger partial charge in [-0.15, -0.1) is 0 Å². The fraction of sp³-hybridized carbons (Fsp3) is 0.154. The van der Waals surface area contributed by atoms with E-state index in [1.54, 1.807) is 0 Å². The fourth-order valence-electron chi connectivity index (χ4n) is 4.28. The number of hydrogen-bond donors (Lipinski definition) is 1. The van der Waals surface area contributed by atoms with E-state index in [0.717, 1.165) is 28.5 Å². The number of pyridine rings is 1. The molecule has 1 fully saturated rings. The number of hydrogen-bond acceptors (Lipinski definition) is 3. The van der Waals surface area contributed by atoms with Crippen LogP contribution in [0.2, 0.25) is 0 Å². The van der Waals surface area contributed by atoms with Gasteiger partial charge in [0.15, 0.2) is 5.11 Å². The predicted molar refractivity (Wildman–Crippen MR) is 128 cm³/mol. The standard InChI is InChI=1S/C26H23N3OS/c1-17-14-18(2)16-20(15-17)29-25(24(28-26(29)31)21-10-6-7-13-27-21)23-12-11-22(30-23)19-8-4-3-5-9-19/h3-16,24-25H,1-2H3,(H,28,31)/t24-,25+/m1/s1. The lowest BCUT2D eigenvalue weighted by Crippen LogP contribution is -2.29. The number of aryl methyl sites for hydroxylation is 2. The Morgan fingerprint density at radius 1 is 0.903 bits per heavy atom. The number of nitrogens with one attached hydrogen (secondary N) is 1. The van der Waals surface area contributed by atoms with Crippen LogP contribution < -0.4 is 10.2 Å². The lowest BCUT2D eigenvalue weighted by Gasteiger charge is -2.26. The van der Waals surface area contributed by atoms with Crippen molar-refractivity contribution in [1.82, 2.24) is 10.3 Å². The first-order valence-corrected chi connectivity index (χ1v) is 10.7. The van der Waals surface area contributed by atoms with Crippen LogP contribution in [-0.2, 0) is 0 Å². The molecule has 0 spiro atoms. The number of thiocarbonyl (C=S) groups is 1. The molecule has 2 aromatic heterocycles. The molecule has 1 saturated heterocycles. The first-order valence-electron chi connectivity index (χ1n) is 10.3. The maximum absolute atomic E-state index is 6.40. The molecule has 4 nitrogen and oxygen atoms in total. The first-order chi connectivity index (χ1) is 15.1. The Morgan fingerprint density at radius 2 is 1.65 bits per heavy atom. The topological polar surface area (TPSA) is 41.3 Å². The van der Waals surface area contributed by atoms with Crippen LogP contribution in [0, 0.1) is 13.8 Å². The summed E-state index contributed by atoms with van der Waals surface area (Å²) >= 11 is 5.81. The van der Waals surface area contributed by atoms with Crippen LogP contribution in [0.3, 0.4) is 0 Å². The summed E-state index contributed by atoms with van der Waals surface area (Å²) < 4.78 is 6.40. The van der Waals surface area contributed by atoms with Crippen LogP contribution in [0.5, 0.6) is 0 Å². The van der Waals surface area contributed by atoms with Crippen LogP contribution in [0.1, 0.15) is 34.7 Å². The summed E-state index contributed by atoms with van der Waals surface area (Å²) in [5.74, 6) is 1.69. The molecule has 154 valence electrons. The highest BCUT2D eigenvalue weighted by molar-refractivity contribution is 7.80. The van der Waals surface area contributed by atoms with Gasteiger partial charge in [0.2, 0.25) is 0 Å². The average Bonchev–Trinajstić information content (AvgIpc) is 3.39. The highest BCUT2D eigenvalue weighted by atomic mass is 32.1. The van der Waals surface area contributed by atoms with Gasteiger partial charge in [0.1, 0.15) is 17.6 Å². The van der Waals surface area contributed by atoms with E-state index in [1.165, 1.54) is 11.1 Å². The Hall–Kier alpha value is -3.44. The van der Waals surface area contributed by atoms with Crippen molar-refractivity contribution in [2.24, 2.45) is 0 Å². The van der Waals surface area contributed by atoms with Crippen LogP contribution in [-0.4, -0.2) is 10.1 Å². The van der Waals surface area contributed by atoms with Crippen molar-refractivity contribution in [2.75, 3.05) is 4.90 Å². The van der Waals surface area contributed by atoms with Gasteiger partial charge in [-0.1, -0.05) is 42.5 Å². The molecule has 0 unspecified atom stereocenters. The molecule has 2 aromatic carbocycles. The second kappa shape index (κ2) is 8.00. The molecule has 0 bridgehead atoms. The summed E-state index contributed by atoms with van der Waals surface area (Å²) in [6.07, 6.45) is 1.81. The molecule has 0 amide bonds. The van der Waals surface area contributed by atoms with Crippen molar-refractivity contribution >= 4 is 23.0 Å². The molecular formula is C26H23N3OS. The average molecular weight is 426 g/mol. The van der Waals surface area contributed by atoms with Gasteiger partial charge < -0.3 is 14.6 Å². The van der Waals surface area contributed by atoms with Crippen molar-refractivity contribution in [3.8, 4) is 11.3 Å². The van der Waals surface area contributed by atoms with Gasteiger partial charge in [0, 0.05) is 17.4 Å². The van der Waals surface area contributed by atoms with Gasteiger partial charge in [0.05, 0.1) is 11.7 Å². The third-order valence-electron chi connectivity index (χ3n) is 5.56. The van der Waals surface area contributed by atoms with Gasteiger partial charge >= 0.3 is 0 Å². The number of aromatic nitrogens is 1. The smallest absolute Gasteiger partial charge is 0.174 e. The zero-order valence-corrected chi connectivity index (χ0v) is 18.3. The lowest BCUT2D eigenvalue weighted by molar-refractivity contribution is 0.439. The summed E-state index contributed by atoms with van der Waals surface area (Å²) in [4.78, 5) is 6.76. The largest absolute Gasteiger partial charge is 0.459 e. The number of rotatable bonds is 4. The molecule has 1 N–H and O–H groups in total. The molecule has 1 aliphatic rings. The minimum Gasteiger partial charge on any atom is -0.459 e. The Morgan fingerprint density at radius 3 is 2.35 bits per heavy atom. The second-order valence-electron chi connectivity index (χ2n) is 7.91. The Bertz CT molecular complexity index is 1200. The van der Waals surface area contributed by atoms with Crippen molar-refractivity contribution < 1.29 is 4.42 Å². The van der Waals surface area contributed by atoms with Gasteiger partial charge in [-0.2, -0.15) is 0 Å². The van der Waals surface area contributed by atoms with Crippen molar-refractivity contribution in [1.29, 1.82) is 0 Å². The fourth-order valence-corrected chi connectivity index (χ4v) is 4.63. The van der Waals surface area contributed by atoms with Crippen molar-refractivity contribution in [3.05, 3.63) is 108 Å². The van der Waals surface area contributed by atoms with Gasteiger partial charge in [-0.25, -0.2) is 0 Å². The Balaban J connectivity index is 1.62. The molecule has 4 aromatic rings. The monoisotopic (exact) mass is 425 g/mol. The molecule has 3 heterocycles. The molecule has 0 aliphatic carbocycles. The van der Waals surface area contributed by atoms with E-state index in [0.29, 0.717) is 5.11 Å². The van der Waals surface area contributed by atoms with E-state index in [-0.39, 0.29) is 12.1 Å². The summed E-state index contributed by atoms with van der Waals surface area (Å²) in [7, 11) is 0. The zero-order valence-electron chi connectivity index (χ0n) is 17.4. The molecule has 2 atom stereocenters. The third kappa shape index (κ3) is 3.73. The molecular weight excluding hydrogens is 402 g/mol. The van der Waals surface area contributed by atoms with E-state index in [4.69, 9.17) is 16.6 Å². The zero-order chi connectivity index (χ0) is 21.4. The highest BCUT2D eigenvalue weighted by Crippen LogP contribution is 2.43. The van der Waals surface area contributed by atoms with Crippen LogP contribution in [0.25, 0.3) is 11.3 Å². The third-order valence-corrected chi connectivity index (χ3v) is 5.87. The maximum Gasteiger partial charge on any atom is 0.174 e. The van der Waals surface area contributed by atoms with Gasteiger partial charge in [-0.3, -0.25) is 4.98 Å². The SMILES string of the molecule is Cc1cc(C)cc(N2C(=S)N[C@H](c3ccccn3)[C@@H]2c2ccc(-c3ccccc3)o2)c1. The second-order valence-corrected chi connectivity index (χ2v) is 8.30. The summed E-state index contributed by atoms with van der Waals surface area (Å²) in [5, 5.41) is 4.16. The van der Waals surface area contributed by atoms with Crippen LogP contribution in [0.4, 0.5) is 5.69 Å². The molecule has 0 radical (unpaired) electrons.